The minimum absolute atomic E-state index is 0.00909. The first kappa shape index (κ1) is 16.3. The van der Waals surface area contributed by atoms with Gasteiger partial charge in [0.05, 0.1) is 11.1 Å². The fraction of sp³-hybridized carbons (Fsp3) is 0.133. The molecule has 120 valence electrons. The number of halogens is 2. The number of para-hydroxylation sites is 1. The molecule has 0 heterocycles. The summed E-state index contributed by atoms with van der Waals surface area (Å²) in [5.41, 5.74) is 1.01. The molecule has 2 rings (SSSR count). The maximum absolute atomic E-state index is 12.3. The van der Waals surface area contributed by atoms with Gasteiger partial charge in [-0.3, -0.25) is 10.1 Å². The molecule has 6 nitrogen and oxygen atoms in total. The maximum atomic E-state index is 12.3. The molecular formula is C15H12F2N2O4. The number of nitro benzene ring substituents is 1. The van der Waals surface area contributed by atoms with Gasteiger partial charge in [0.1, 0.15) is 12.4 Å². The number of hydrogen-bond acceptors (Lipinski definition) is 5. The van der Waals surface area contributed by atoms with Gasteiger partial charge in [-0.05, 0) is 29.8 Å². The number of hydrogen-bond donors (Lipinski definition) is 0. The first-order chi connectivity index (χ1) is 11.1. The van der Waals surface area contributed by atoms with Crippen LogP contribution in [0.2, 0.25) is 0 Å². The third-order valence-corrected chi connectivity index (χ3v) is 2.78. The van der Waals surface area contributed by atoms with Gasteiger partial charge < -0.3 is 9.57 Å². The second-order valence-electron chi connectivity index (χ2n) is 4.35. The Morgan fingerprint density at radius 1 is 1.17 bits per heavy atom. The van der Waals surface area contributed by atoms with Crippen LogP contribution >= 0.6 is 0 Å². The molecule has 0 radical (unpaired) electrons. The zero-order valence-corrected chi connectivity index (χ0v) is 11.8. The Bertz CT molecular complexity index is 690. The molecule has 0 saturated carbocycles. The Balaban J connectivity index is 1.93. The van der Waals surface area contributed by atoms with E-state index in [1.54, 1.807) is 30.3 Å². The lowest BCUT2D eigenvalue weighted by molar-refractivity contribution is -0.384. The van der Waals surface area contributed by atoms with Crippen LogP contribution in [-0.4, -0.2) is 17.7 Å². The lowest BCUT2D eigenvalue weighted by Gasteiger charge is -2.06. The van der Waals surface area contributed by atoms with Crippen molar-refractivity contribution in [3.05, 3.63) is 69.8 Å². The second kappa shape index (κ2) is 7.83. The van der Waals surface area contributed by atoms with Crippen molar-refractivity contribution in [1.82, 2.24) is 0 Å². The van der Waals surface area contributed by atoms with Crippen LogP contribution < -0.4 is 4.74 Å². The van der Waals surface area contributed by atoms with Crippen molar-refractivity contribution in [1.29, 1.82) is 0 Å². The van der Waals surface area contributed by atoms with Gasteiger partial charge in [-0.1, -0.05) is 17.3 Å². The molecule has 0 aliphatic carbocycles. The van der Waals surface area contributed by atoms with Gasteiger partial charge in [-0.25, -0.2) is 0 Å². The second-order valence-corrected chi connectivity index (χ2v) is 4.35. The van der Waals surface area contributed by atoms with E-state index in [-0.39, 0.29) is 18.0 Å². The molecule has 8 heteroatoms. The molecule has 0 atom stereocenters. The summed E-state index contributed by atoms with van der Waals surface area (Å²) >= 11 is 0. The zero-order chi connectivity index (χ0) is 16.7. The summed E-state index contributed by atoms with van der Waals surface area (Å²) in [7, 11) is 0. The van der Waals surface area contributed by atoms with Crippen molar-refractivity contribution >= 4 is 11.9 Å². The highest BCUT2D eigenvalue weighted by atomic mass is 19.3. The third kappa shape index (κ3) is 5.03. The van der Waals surface area contributed by atoms with E-state index in [0.29, 0.717) is 11.1 Å². The van der Waals surface area contributed by atoms with Gasteiger partial charge >= 0.3 is 6.61 Å². The molecule has 0 saturated heterocycles. The lowest BCUT2D eigenvalue weighted by Crippen LogP contribution is -2.04. The van der Waals surface area contributed by atoms with Crippen molar-refractivity contribution in [2.75, 3.05) is 0 Å². The van der Waals surface area contributed by atoms with E-state index < -0.39 is 11.5 Å². The highest BCUT2D eigenvalue weighted by Crippen LogP contribution is 2.18. The van der Waals surface area contributed by atoms with E-state index in [4.69, 9.17) is 4.84 Å². The maximum Gasteiger partial charge on any atom is 0.387 e. The first-order valence-corrected chi connectivity index (χ1v) is 6.49. The molecule has 0 amide bonds. The predicted molar refractivity (Wildman–Crippen MR) is 78.6 cm³/mol. The van der Waals surface area contributed by atoms with E-state index in [1.165, 1.54) is 24.4 Å². The summed E-state index contributed by atoms with van der Waals surface area (Å²) in [5, 5.41) is 14.2. The number of oxime groups is 1. The molecular weight excluding hydrogens is 310 g/mol. The van der Waals surface area contributed by atoms with Crippen molar-refractivity contribution in [2.24, 2.45) is 5.16 Å². The summed E-state index contributed by atoms with van der Waals surface area (Å²) in [5.74, 6) is -0.00909. The number of non-ortho nitro benzene ring substituents is 1. The van der Waals surface area contributed by atoms with Gasteiger partial charge in [0.25, 0.3) is 5.69 Å². The van der Waals surface area contributed by atoms with E-state index >= 15 is 0 Å². The summed E-state index contributed by atoms with van der Waals surface area (Å²) in [6.07, 6.45) is 1.25. The van der Waals surface area contributed by atoms with Crippen LogP contribution in [0, 0.1) is 10.1 Å². The van der Waals surface area contributed by atoms with Crippen LogP contribution in [0.4, 0.5) is 14.5 Å². The summed E-state index contributed by atoms with van der Waals surface area (Å²) in [6.45, 7) is -2.84. The topological polar surface area (TPSA) is 74.0 Å². The summed E-state index contributed by atoms with van der Waals surface area (Å²) in [6, 6.07) is 12.0. The number of benzene rings is 2. The van der Waals surface area contributed by atoms with E-state index in [1.807, 2.05) is 0 Å². The molecule has 0 N–H and O–H groups in total. The molecule has 0 unspecified atom stereocenters. The van der Waals surface area contributed by atoms with E-state index in [0.717, 1.165) is 0 Å². The Morgan fingerprint density at radius 3 is 2.52 bits per heavy atom. The molecule has 0 bridgehead atoms. The molecule has 0 spiro atoms. The van der Waals surface area contributed by atoms with Crippen molar-refractivity contribution in [3.63, 3.8) is 0 Å². The van der Waals surface area contributed by atoms with Crippen LogP contribution in [0.15, 0.2) is 53.7 Å². The Hall–Kier alpha value is -3.03. The van der Waals surface area contributed by atoms with Crippen LogP contribution in [0.5, 0.6) is 5.75 Å². The Kier molecular flexibility index (Phi) is 5.56. The first-order valence-electron chi connectivity index (χ1n) is 6.49. The number of alkyl halides is 2. The molecule has 0 aliphatic rings. The number of ether oxygens (including phenoxy) is 1. The Labute approximate surface area is 130 Å². The molecule has 2 aromatic rings. The van der Waals surface area contributed by atoms with Crippen LogP contribution in [0.25, 0.3) is 0 Å². The monoisotopic (exact) mass is 322 g/mol. The molecule has 23 heavy (non-hydrogen) atoms. The van der Waals surface area contributed by atoms with Crippen LogP contribution in [0.1, 0.15) is 11.1 Å². The number of rotatable bonds is 7. The average molecular weight is 322 g/mol. The minimum atomic E-state index is -2.93. The van der Waals surface area contributed by atoms with Gasteiger partial charge in [0.2, 0.25) is 0 Å². The normalized spacial score (nSPS) is 10.9. The largest absolute Gasteiger partial charge is 0.434 e. The smallest absolute Gasteiger partial charge is 0.387 e. The third-order valence-electron chi connectivity index (χ3n) is 2.78. The number of nitrogens with zero attached hydrogens (tertiary/aromatic N) is 2. The molecule has 0 fully saturated rings. The molecule has 0 aliphatic heterocycles. The standard InChI is InChI=1S/C15H12F2N2O4/c16-15(17)23-14-4-2-1-3-12(14)9-18-22-10-11-5-7-13(8-6-11)19(20)21/h1-9,15H,10H2. The summed E-state index contributed by atoms with van der Waals surface area (Å²) < 4.78 is 28.9. The lowest BCUT2D eigenvalue weighted by atomic mass is 10.2. The highest BCUT2D eigenvalue weighted by Gasteiger charge is 2.07. The van der Waals surface area contributed by atoms with Gasteiger partial charge in [-0.2, -0.15) is 8.78 Å². The quantitative estimate of drug-likeness (QED) is 0.442. The SMILES string of the molecule is O=[N+]([O-])c1ccc(CON=Cc2ccccc2OC(F)F)cc1. The number of nitro groups is 1. The molecule has 2 aromatic carbocycles. The van der Waals surface area contributed by atoms with E-state index in [9.17, 15) is 18.9 Å². The summed E-state index contributed by atoms with van der Waals surface area (Å²) in [4.78, 5) is 15.1. The molecule has 0 aromatic heterocycles. The van der Waals surface area contributed by atoms with Crippen LogP contribution in [-0.2, 0) is 11.4 Å². The van der Waals surface area contributed by atoms with Gasteiger partial charge in [0, 0.05) is 17.7 Å². The van der Waals surface area contributed by atoms with Crippen molar-refractivity contribution in [2.45, 2.75) is 13.2 Å². The van der Waals surface area contributed by atoms with Crippen molar-refractivity contribution in [3.8, 4) is 5.75 Å². The highest BCUT2D eigenvalue weighted by molar-refractivity contribution is 5.83. The van der Waals surface area contributed by atoms with E-state index in [2.05, 4.69) is 9.89 Å². The van der Waals surface area contributed by atoms with Gasteiger partial charge in [-0.15, -0.1) is 0 Å². The minimum Gasteiger partial charge on any atom is -0.434 e. The Morgan fingerprint density at radius 2 is 1.87 bits per heavy atom. The fourth-order valence-electron chi connectivity index (χ4n) is 1.71. The van der Waals surface area contributed by atoms with Gasteiger partial charge in [0.15, 0.2) is 0 Å². The van der Waals surface area contributed by atoms with Crippen molar-refractivity contribution < 1.29 is 23.3 Å². The van der Waals surface area contributed by atoms with Crippen LogP contribution in [0.3, 0.4) is 0 Å². The predicted octanol–water partition coefficient (Wildman–Crippen LogP) is 3.75. The fourth-order valence-corrected chi connectivity index (χ4v) is 1.71. The zero-order valence-electron chi connectivity index (χ0n) is 11.8. The average Bonchev–Trinajstić information content (AvgIpc) is 2.53.